The summed E-state index contributed by atoms with van der Waals surface area (Å²) in [6.45, 7) is 8.91. The van der Waals surface area contributed by atoms with Gasteiger partial charge in [-0.1, -0.05) is 0 Å². The summed E-state index contributed by atoms with van der Waals surface area (Å²) in [4.78, 5) is 7.23. The Morgan fingerprint density at radius 2 is 2.15 bits per heavy atom. The van der Waals surface area contributed by atoms with Crippen LogP contribution in [-0.4, -0.2) is 37.3 Å². The lowest BCUT2D eigenvalue weighted by Crippen LogP contribution is -2.30. The number of ether oxygens (including phenoxy) is 1. The molecule has 1 saturated carbocycles. The minimum atomic E-state index is 0.732. The summed E-state index contributed by atoms with van der Waals surface area (Å²) in [7, 11) is 0. The SMILES string of the molecule is Cc1cc(C)c(CNC2CC2)c(N2CCCOCC2)n1. The third-order valence-electron chi connectivity index (χ3n) is 4.12. The second kappa shape index (κ2) is 6.10. The van der Waals surface area contributed by atoms with E-state index in [9.17, 15) is 0 Å². The van der Waals surface area contributed by atoms with Crippen LogP contribution in [0.2, 0.25) is 0 Å². The Hall–Kier alpha value is -1.13. The molecular weight excluding hydrogens is 250 g/mol. The molecule has 2 heterocycles. The van der Waals surface area contributed by atoms with Crippen molar-refractivity contribution in [2.24, 2.45) is 0 Å². The van der Waals surface area contributed by atoms with Gasteiger partial charge in [0.05, 0.1) is 6.61 Å². The van der Waals surface area contributed by atoms with Crippen molar-refractivity contribution in [1.82, 2.24) is 10.3 Å². The van der Waals surface area contributed by atoms with E-state index < -0.39 is 0 Å². The van der Waals surface area contributed by atoms with Gasteiger partial charge in [0.2, 0.25) is 0 Å². The molecule has 1 aliphatic carbocycles. The molecule has 20 heavy (non-hydrogen) atoms. The van der Waals surface area contributed by atoms with Gasteiger partial charge in [0.25, 0.3) is 0 Å². The number of nitrogens with zero attached hydrogens (tertiary/aromatic N) is 2. The zero-order valence-electron chi connectivity index (χ0n) is 12.6. The Morgan fingerprint density at radius 1 is 1.30 bits per heavy atom. The van der Waals surface area contributed by atoms with Gasteiger partial charge in [-0.2, -0.15) is 0 Å². The molecule has 0 aromatic carbocycles. The van der Waals surface area contributed by atoms with Crippen LogP contribution in [0.15, 0.2) is 6.07 Å². The van der Waals surface area contributed by atoms with Crippen molar-refractivity contribution in [3.63, 3.8) is 0 Å². The minimum Gasteiger partial charge on any atom is -0.380 e. The standard InChI is InChI=1S/C16H25N3O/c1-12-10-13(2)18-16(15(12)11-17-14-4-5-14)19-6-3-8-20-9-7-19/h10,14,17H,3-9,11H2,1-2H3. The highest BCUT2D eigenvalue weighted by atomic mass is 16.5. The zero-order valence-corrected chi connectivity index (χ0v) is 12.6. The third kappa shape index (κ3) is 3.30. The number of anilines is 1. The van der Waals surface area contributed by atoms with Gasteiger partial charge in [-0.3, -0.25) is 0 Å². The smallest absolute Gasteiger partial charge is 0.133 e. The predicted octanol–water partition coefficient (Wildman–Crippen LogP) is 2.18. The van der Waals surface area contributed by atoms with Crippen molar-refractivity contribution in [2.45, 2.75) is 45.7 Å². The number of rotatable bonds is 4. The van der Waals surface area contributed by atoms with Crippen molar-refractivity contribution in [3.8, 4) is 0 Å². The number of nitrogens with one attached hydrogen (secondary N) is 1. The molecule has 0 spiro atoms. The van der Waals surface area contributed by atoms with Crippen LogP contribution in [0.3, 0.4) is 0 Å². The van der Waals surface area contributed by atoms with Gasteiger partial charge in [-0.15, -0.1) is 0 Å². The molecule has 0 unspecified atom stereocenters. The molecule has 0 bridgehead atoms. The van der Waals surface area contributed by atoms with Crippen LogP contribution < -0.4 is 10.2 Å². The largest absolute Gasteiger partial charge is 0.380 e. The molecule has 110 valence electrons. The molecule has 2 aliphatic rings. The van der Waals surface area contributed by atoms with Crippen LogP contribution in [0.5, 0.6) is 0 Å². The van der Waals surface area contributed by atoms with E-state index in [0.717, 1.165) is 51.0 Å². The molecular formula is C16H25N3O. The minimum absolute atomic E-state index is 0.732. The highest BCUT2D eigenvalue weighted by Gasteiger charge is 2.23. The van der Waals surface area contributed by atoms with E-state index in [1.54, 1.807) is 0 Å². The Balaban J connectivity index is 1.84. The Labute approximate surface area is 121 Å². The quantitative estimate of drug-likeness (QED) is 0.914. The van der Waals surface area contributed by atoms with E-state index >= 15 is 0 Å². The second-order valence-electron chi connectivity index (χ2n) is 5.99. The van der Waals surface area contributed by atoms with Crippen molar-refractivity contribution in [2.75, 3.05) is 31.2 Å². The lowest BCUT2D eigenvalue weighted by atomic mass is 10.1. The summed E-state index contributed by atoms with van der Waals surface area (Å²) in [6.07, 6.45) is 3.74. The van der Waals surface area contributed by atoms with Crippen LogP contribution >= 0.6 is 0 Å². The summed E-state index contributed by atoms with van der Waals surface area (Å²) in [5, 5.41) is 3.63. The lowest BCUT2D eigenvalue weighted by molar-refractivity contribution is 0.152. The first-order valence-electron chi connectivity index (χ1n) is 7.77. The van der Waals surface area contributed by atoms with E-state index in [-0.39, 0.29) is 0 Å². The van der Waals surface area contributed by atoms with Crippen LogP contribution in [0, 0.1) is 13.8 Å². The molecule has 0 atom stereocenters. The highest BCUT2D eigenvalue weighted by molar-refractivity contribution is 5.51. The van der Waals surface area contributed by atoms with Gasteiger partial charge in [-0.05, 0) is 44.7 Å². The monoisotopic (exact) mass is 275 g/mol. The van der Waals surface area contributed by atoms with Crippen LogP contribution in [0.1, 0.15) is 36.1 Å². The zero-order chi connectivity index (χ0) is 13.9. The lowest BCUT2D eigenvalue weighted by Gasteiger charge is -2.25. The highest BCUT2D eigenvalue weighted by Crippen LogP contribution is 2.26. The van der Waals surface area contributed by atoms with Gasteiger partial charge in [0.15, 0.2) is 0 Å². The summed E-state index contributed by atoms with van der Waals surface area (Å²) < 4.78 is 5.57. The normalized spacial score (nSPS) is 20.0. The molecule has 1 saturated heterocycles. The van der Waals surface area contributed by atoms with E-state index in [1.165, 1.54) is 29.8 Å². The van der Waals surface area contributed by atoms with Crippen molar-refractivity contribution in [1.29, 1.82) is 0 Å². The van der Waals surface area contributed by atoms with Gasteiger partial charge in [-0.25, -0.2) is 4.98 Å². The maximum Gasteiger partial charge on any atom is 0.133 e. The van der Waals surface area contributed by atoms with Gasteiger partial charge in [0.1, 0.15) is 5.82 Å². The first kappa shape index (κ1) is 13.8. The fourth-order valence-corrected chi connectivity index (χ4v) is 2.82. The summed E-state index contributed by atoms with van der Waals surface area (Å²) in [5.41, 5.74) is 3.83. The Morgan fingerprint density at radius 3 is 2.95 bits per heavy atom. The molecule has 1 N–H and O–H groups in total. The maximum atomic E-state index is 5.57. The van der Waals surface area contributed by atoms with Gasteiger partial charge < -0.3 is 15.0 Å². The average Bonchev–Trinajstić information content (AvgIpc) is 3.24. The predicted molar refractivity (Wildman–Crippen MR) is 81.2 cm³/mol. The van der Waals surface area contributed by atoms with Crippen LogP contribution in [0.4, 0.5) is 5.82 Å². The molecule has 1 aromatic rings. The summed E-state index contributed by atoms with van der Waals surface area (Å²) >= 11 is 0. The third-order valence-corrected chi connectivity index (χ3v) is 4.12. The van der Waals surface area contributed by atoms with Crippen molar-refractivity contribution >= 4 is 5.82 Å². The number of aromatic nitrogens is 1. The average molecular weight is 275 g/mol. The van der Waals surface area contributed by atoms with Crippen LogP contribution in [0.25, 0.3) is 0 Å². The van der Waals surface area contributed by atoms with E-state index in [4.69, 9.17) is 9.72 Å². The molecule has 1 aromatic heterocycles. The topological polar surface area (TPSA) is 37.4 Å². The van der Waals surface area contributed by atoms with Gasteiger partial charge in [0, 0.05) is 43.5 Å². The number of hydrogen-bond donors (Lipinski definition) is 1. The van der Waals surface area contributed by atoms with E-state index in [2.05, 4.69) is 30.1 Å². The molecule has 4 nitrogen and oxygen atoms in total. The number of hydrogen-bond acceptors (Lipinski definition) is 4. The molecule has 1 aliphatic heterocycles. The number of aryl methyl sites for hydroxylation is 2. The maximum absolute atomic E-state index is 5.57. The molecule has 2 fully saturated rings. The Bertz CT molecular complexity index is 463. The first-order chi connectivity index (χ1) is 9.74. The fourth-order valence-electron chi connectivity index (χ4n) is 2.82. The molecule has 0 amide bonds. The second-order valence-corrected chi connectivity index (χ2v) is 5.99. The van der Waals surface area contributed by atoms with Gasteiger partial charge >= 0.3 is 0 Å². The summed E-state index contributed by atoms with van der Waals surface area (Å²) in [6, 6.07) is 2.93. The van der Waals surface area contributed by atoms with Crippen molar-refractivity contribution in [3.05, 3.63) is 22.9 Å². The first-order valence-corrected chi connectivity index (χ1v) is 7.77. The van der Waals surface area contributed by atoms with E-state index in [1.807, 2.05) is 0 Å². The van der Waals surface area contributed by atoms with E-state index in [0.29, 0.717) is 0 Å². The fraction of sp³-hybridized carbons (Fsp3) is 0.688. The van der Waals surface area contributed by atoms with Crippen LogP contribution in [-0.2, 0) is 11.3 Å². The molecule has 3 rings (SSSR count). The molecule has 0 radical (unpaired) electrons. The summed E-state index contributed by atoms with van der Waals surface area (Å²) in [5.74, 6) is 1.17. The molecule has 4 heteroatoms. The van der Waals surface area contributed by atoms with Crippen molar-refractivity contribution < 1.29 is 4.74 Å². The Kier molecular flexibility index (Phi) is 4.22. The number of pyridine rings is 1.